The summed E-state index contributed by atoms with van der Waals surface area (Å²) in [5.74, 6) is 0.489. The standard InChI is InChI=1S/C21H27N3O2/c25-13-3-12-24(16-17-7-10-22-11-8-17)21(26)19-5-1-4-18(14-19)20-6-2-9-23-15-20/h1,4-5,7-8,10-11,14,20,23,25H,2-3,6,9,12-13,15-16H2/t20-/m1/s1. The lowest BCUT2D eigenvalue weighted by atomic mass is 9.90. The van der Waals surface area contributed by atoms with E-state index in [2.05, 4.69) is 16.4 Å². The molecular formula is C21H27N3O2. The summed E-state index contributed by atoms with van der Waals surface area (Å²) in [5, 5.41) is 12.6. The van der Waals surface area contributed by atoms with Crippen molar-refractivity contribution in [2.45, 2.75) is 31.7 Å². The molecule has 2 aromatic rings. The first-order chi connectivity index (χ1) is 12.8. The third-order valence-electron chi connectivity index (χ3n) is 4.90. The average molecular weight is 353 g/mol. The molecule has 2 heterocycles. The lowest BCUT2D eigenvalue weighted by molar-refractivity contribution is 0.0732. The van der Waals surface area contributed by atoms with Crippen LogP contribution in [-0.4, -0.2) is 47.1 Å². The highest BCUT2D eigenvalue weighted by atomic mass is 16.3. The fourth-order valence-corrected chi connectivity index (χ4v) is 3.47. The molecule has 1 fully saturated rings. The largest absolute Gasteiger partial charge is 0.396 e. The maximum absolute atomic E-state index is 13.1. The van der Waals surface area contributed by atoms with Gasteiger partial charge in [-0.15, -0.1) is 0 Å². The number of amides is 1. The first-order valence-electron chi connectivity index (χ1n) is 9.37. The zero-order valence-electron chi connectivity index (χ0n) is 15.1. The van der Waals surface area contributed by atoms with Crippen molar-refractivity contribution in [2.24, 2.45) is 0 Å². The smallest absolute Gasteiger partial charge is 0.254 e. The number of nitrogens with one attached hydrogen (secondary N) is 1. The van der Waals surface area contributed by atoms with Crippen LogP contribution in [0.3, 0.4) is 0 Å². The number of carbonyl (C=O) groups is 1. The van der Waals surface area contributed by atoms with Crippen LogP contribution in [0.4, 0.5) is 0 Å². The van der Waals surface area contributed by atoms with Crippen LogP contribution < -0.4 is 5.32 Å². The maximum Gasteiger partial charge on any atom is 0.254 e. The van der Waals surface area contributed by atoms with Crippen molar-refractivity contribution in [1.29, 1.82) is 0 Å². The Morgan fingerprint density at radius 2 is 2.12 bits per heavy atom. The summed E-state index contributed by atoms with van der Waals surface area (Å²) >= 11 is 0. The van der Waals surface area contributed by atoms with Crippen LogP contribution in [-0.2, 0) is 6.54 Å². The molecule has 1 aromatic heterocycles. The second kappa shape index (κ2) is 9.46. The third-order valence-corrected chi connectivity index (χ3v) is 4.90. The van der Waals surface area contributed by atoms with E-state index in [4.69, 9.17) is 0 Å². The minimum Gasteiger partial charge on any atom is -0.396 e. The summed E-state index contributed by atoms with van der Waals surface area (Å²) < 4.78 is 0. The molecule has 5 heteroatoms. The molecule has 1 aliphatic heterocycles. The predicted molar refractivity (Wildman–Crippen MR) is 102 cm³/mol. The molecule has 3 rings (SSSR count). The molecule has 5 nitrogen and oxygen atoms in total. The number of pyridine rings is 1. The SMILES string of the molecule is O=C(c1cccc([C@@H]2CCCNC2)c1)N(CCCO)Cc1ccncc1. The molecule has 0 radical (unpaired) electrons. The van der Waals surface area contributed by atoms with Crippen molar-refractivity contribution < 1.29 is 9.90 Å². The van der Waals surface area contributed by atoms with Gasteiger partial charge in [0.1, 0.15) is 0 Å². The lowest BCUT2D eigenvalue weighted by Crippen LogP contribution is -2.32. The highest BCUT2D eigenvalue weighted by Crippen LogP contribution is 2.24. The van der Waals surface area contributed by atoms with Crippen molar-refractivity contribution in [1.82, 2.24) is 15.2 Å². The Kier molecular flexibility index (Phi) is 6.75. The van der Waals surface area contributed by atoms with E-state index in [1.54, 1.807) is 12.4 Å². The summed E-state index contributed by atoms with van der Waals surface area (Å²) in [7, 11) is 0. The van der Waals surface area contributed by atoms with Gasteiger partial charge >= 0.3 is 0 Å². The van der Waals surface area contributed by atoms with Crippen LogP contribution in [0, 0.1) is 0 Å². The molecule has 0 aliphatic carbocycles. The highest BCUT2D eigenvalue weighted by molar-refractivity contribution is 5.94. The summed E-state index contributed by atoms with van der Waals surface area (Å²) in [6, 6.07) is 11.9. The molecule has 0 bridgehead atoms. The Hall–Kier alpha value is -2.24. The number of piperidine rings is 1. The molecule has 0 unspecified atom stereocenters. The van der Waals surface area contributed by atoms with Crippen LogP contribution in [0.15, 0.2) is 48.8 Å². The van der Waals surface area contributed by atoms with Gasteiger partial charge in [-0.05, 0) is 67.1 Å². The van der Waals surface area contributed by atoms with Gasteiger partial charge in [0.2, 0.25) is 0 Å². The second-order valence-corrected chi connectivity index (χ2v) is 6.83. The Bertz CT molecular complexity index is 699. The normalized spacial score (nSPS) is 17.0. The number of aliphatic hydroxyl groups excluding tert-OH is 1. The third kappa shape index (κ3) is 4.90. The van der Waals surface area contributed by atoms with E-state index in [-0.39, 0.29) is 12.5 Å². The minimum absolute atomic E-state index is 0.0147. The summed E-state index contributed by atoms with van der Waals surface area (Å²) in [4.78, 5) is 18.9. The van der Waals surface area contributed by atoms with Crippen molar-refractivity contribution in [2.75, 3.05) is 26.2 Å². The fourth-order valence-electron chi connectivity index (χ4n) is 3.47. The average Bonchev–Trinajstić information content (AvgIpc) is 2.72. The first-order valence-corrected chi connectivity index (χ1v) is 9.37. The van der Waals surface area contributed by atoms with Gasteiger partial charge in [-0.2, -0.15) is 0 Å². The number of hydrogen-bond donors (Lipinski definition) is 2. The van der Waals surface area contributed by atoms with E-state index in [1.165, 1.54) is 12.0 Å². The summed E-state index contributed by atoms with van der Waals surface area (Å²) in [6.45, 7) is 3.19. The summed E-state index contributed by atoms with van der Waals surface area (Å²) in [6.07, 6.45) is 6.38. The Labute approximate surface area is 155 Å². The van der Waals surface area contributed by atoms with Crippen LogP contribution in [0.1, 0.15) is 46.7 Å². The lowest BCUT2D eigenvalue weighted by Gasteiger charge is -2.25. The molecule has 0 saturated carbocycles. The zero-order chi connectivity index (χ0) is 18.2. The van der Waals surface area contributed by atoms with Gasteiger partial charge in [-0.25, -0.2) is 0 Å². The van der Waals surface area contributed by atoms with E-state index in [0.717, 1.165) is 30.6 Å². The van der Waals surface area contributed by atoms with Crippen molar-refractivity contribution in [3.05, 3.63) is 65.5 Å². The number of nitrogens with zero attached hydrogens (tertiary/aromatic N) is 2. The number of benzene rings is 1. The molecular weight excluding hydrogens is 326 g/mol. The van der Waals surface area contributed by atoms with Crippen molar-refractivity contribution in [3.63, 3.8) is 0 Å². The van der Waals surface area contributed by atoms with Crippen LogP contribution in [0.25, 0.3) is 0 Å². The van der Waals surface area contributed by atoms with Gasteiger partial charge in [-0.3, -0.25) is 9.78 Å². The van der Waals surface area contributed by atoms with Gasteiger partial charge in [-0.1, -0.05) is 12.1 Å². The van der Waals surface area contributed by atoms with Crippen LogP contribution >= 0.6 is 0 Å². The Morgan fingerprint density at radius 3 is 2.85 bits per heavy atom. The molecule has 1 aliphatic rings. The second-order valence-electron chi connectivity index (χ2n) is 6.83. The van der Waals surface area contributed by atoms with Gasteiger partial charge < -0.3 is 15.3 Å². The summed E-state index contributed by atoms with van der Waals surface area (Å²) in [5.41, 5.74) is 2.99. The monoisotopic (exact) mass is 353 g/mol. The number of aliphatic hydroxyl groups is 1. The number of hydrogen-bond acceptors (Lipinski definition) is 4. The number of carbonyl (C=O) groups excluding carboxylic acids is 1. The Balaban J connectivity index is 1.77. The van der Waals surface area contributed by atoms with E-state index in [0.29, 0.717) is 25.4 Å². The highest BCUT2D eigenvalue weighted by Gasteiger charge is 2.19. The van der Waals surface area contributed by atoms with Gasteiger partial charge in [0.05, 0.1) is 0 Å². The fraction of sp³-hybridized carbons (Fsp3) is 0.429. The number of aromatic nitrogens is 1. The molecule has 0 spiro atoms. The van der Waals surface area contributed by atoms with Crippen LogP contribution in [0.5, 0.6) is 0 Å². The molecule has 1 aromatic carbocycles. The first kappa shape index (κ1) is 18.5. The van der Waals surface area contributed by atoms with Gasteiger partial charge in [0.25, 0.3) is 5.91 Å². The maximum atomic E-state index is 13.1. The Morgan fingerprint density at radius 1 is 1.27 bits per heavy atom. The molecule has 2 N–H and O–H groups in total. The van der Waals surface area contributed by atoms with Crippen molar-refractivity contribution in [3.8, 4) is 0 Å². The van der Waals surface area contributed by atoms with Gasteiger partial charge in [0.15, 0.2) is 0 Å². The molecule has 1 atom stereocenters. The van der Waals surface area contributed by atoms with E-state index in [1.807, 2.05) is 35.2 Å². The van der Waals surface area contributed by atoms with E-state index < -0.39 is 0 Å². The molecule has 26 heavy (non-hydrogen) atoms. The predicted octanol–water partition coefficient (Wildman–Crippen LogP) is 2.57. The molecule has 1 amide bonds. The van der Waals surface area contributed by atoms with E-state index >= 15 is 0 Å². The molecule has 1 saturated heterocycles. The van der Waals surface area contributed by atoms with Gasteiger partial charge in [0, 0.05) is 44.2 Å². The minimum atomic E-state index is 0.0147. The zero-order valence-corrected chi connectivity index (χ0v) is 15.1. The van der Waals surface area contributed by atoms with Crippen molar-refractivity contribution >= 4 is 5.91 Å². The topological polar surface area (TPSA) is 65.5 Å². The van der Waals surface area contributed by atoms with E-state index in [9.17, 15) is 9.90 Å². The van der Waals surface area contributed by atoms with Crippen LogP contribution in [0.2, 0.25) is 0 Å². The quantitative estimate of drug-likeness (QED) is 0.803. The molecule has 138 valence electrons. The number of rotatable bonds is 7.